The Bertz CT molecular complexity index is 717. The minimum absolute atomic E-state index is 0.0542. The molecule has 1 aromatic carbocycles. The Balaban J connectivity index is 1.88. The number of nitrogens with zero attached hydrogens (tertiary/aromatic N) is 1. The topological polar surface area (TPSA) is 95.4 Å². The zero-order chi connectivity index (χ0) is 14.2. The lowest BCUT2D eigenvalue weighted by Crippen LogP contribution is -2.23. The van der Waals surface area contributed by atoms with E-state index in [-0.39, 0.29) is 16.9 Å². The minimum atomic E-state index is -3.51. The highest BCUT2D eigenvalue weighted by molar-refractivity contribution is 7.91. The van der Waals surface area contributed by atoms with Crippen LogP contribution in [-0.4, -0.2) is 32.4 Å². The van der Waals surface area contributed by atoms with Gasteiger partial charge >= 0.3 is 5.22 Å². The van der Waals surface area contributed by atoms with Crippen molar-refractivity contribution in [3.8, 4) is 0 Å². The Morgan fingerprint density at radius 3 is 2.80 bits per heavy atom. The summed E-state index contributed by atoms with van der Waals surface area (Å²) in [5, 5.41) is -0.218. The van der Waals surface area contributed by atoms with Crippen molar-refractivity contribution in [2.24, 2.45) is 5.92 Å². The molecule has 1 aliphatic rings. The summed E-state index contributed by atoms with van der Waals surface area (Å²) in [7, 11) is -3.51. The van der Waals surface area contributed by atoms with E-state index in [1.54, 1.807) is 18.2 Å². The second-order valence-electron chi connectivity index (χ2n) is 5.04. The van der Waals surface area contributed by atoms with E-state index in [4.69, 9.17) is 14.9 Å². The zero-order valence-electron chi connectivity index (χ0n) is 10.9. The van der Waals surface area contributed by atoms with Crippen LogP contribution in [0.4, 0.5) is 5.69 Å². The molecule has 2 aromatic rings. The zero-order valence-corrected chi connectivity index (χ0v) is 11.7. The third-order valence-electron chi connectivity index (χ3n) is 3.45. The predicted octanol–water partition coefficient (Wildman–Crippen LogP) is 1.61. The first-order chi connectivity index (χ1) is 9.54. The fourth-order valence-corrected chi connectivity index (χ4v) is 3.90. The van der Waals surface area contributed by atoms with E-state index in [9.17, 15) is 8.42 Å². The number of sulfone groups is 1. The normalized spacial score (nSPS) is 17.6. The summed E-state index contributed by atoms with van der Waals surface area (Å²) in [6, 6.07) is 4.89. The van der Waals surface area contributed by atoms with Crippen LogP contribution in [-0.2, 0) is 14.6 Å². The minimum Gasteiger partial charge on any atom is -0.428 e. The molecule has 2 heterocycles. The van der Waals surface area contributed by atoms with E-state index in [1.807, 2.05) is 0 Å². The summed E-state index contributed by atoms with van der Waals surface area (Å²) >= 11 is 0. The van der Waals surface area contributed by atoms with Crippen LogP contribution in [0, 0.1) is 5.92 Å². The quantitative estimate of drug-likeness (QED) is 0.864. The SMILES string of the molecule is Nc1ccc2oc(S(=O)(=O)CC3CCOCC3)nc2c1. The van der Waals surface area contributed by atoms with Crippen molar-refractivity contribution in [3.05, 3.63) is 18.2 Å². The van der Waals surface area contributed by atoms with Gasteiger partial charge in [0.05, 0.1) is 5.75 Å². The number of aromatic nitrogens is 1. The number of hydrogen-bond acceptors (Lipinski definition) is 6. The van der Waals surface area contributed by atoms with E-state index < -0.39 is 9.84 Å². The van der Waals surface area contributed by atoms with Gasteiger partial charge in [-0.3, -0.25) is 0 Å². The van der Waals surface area contributed by atoms with Crippen LogP contribution in [0.15, 0.2) is 27.8 Å². The van der Waals surface area contributed by atoms with Gasteiger partial charge in [-0.15, -0.1) is 0 Å². The third kappa shape index (κ3) is 2.64. The van der Waals surface area contributed by atoms with Crippen LogP contribution in [0.1, 0.15) is 12.8 Å². The van der Waals surface area contributed by atoms with E-state index in [2.05, 4.69) is 4.98 Å². The fraction of sp³-hybridized carbons (Fsp3) is 0.462. The van der Waals surface area contributed by atoms with E-state index in [1.165, 1.54) is 0 Å². The van der Waals surface area contributed by atoms with Crippen LogP contribution < -0.4 is 5.73 Å². The first-order valence-electron chi connectivity index (χ1n) is 6.51. The standard InChI is InChI=1S/C13H16N2O4S/c14-10-1-2-12-11(7-10)15-13(19-12)20(16,17)8-9-3-5-18-6-4-9/h1-2,7,9H,3-6,8,14H2. The van der Waals surface area contributed by atoms with Gasteiger partial charge in [-0.25, -0.2) is 8.42 Å². The maximum Gasteiger partial charge on any atom is 0.316 e. The van der Waals surface area contributed by atoms with Gasteiger partial charge in [-0.2, -0.15) is 4.98 Å². The van der Waals surface area contributed by atoms with Crippen molar-refractivity contribution < 1.29 is 17.6 Å². The summed E-state index contributed by atoms with van der Waals surface area (Å²) in [5.41, 5.74) is 7.08. The maximum atomic E-state index is 12.3. The van der Waals surface area contributed by atoms with Crippen LogP contribution in [0.5, 0.6) is 0 Å². The first-order valence-corrected chi connectivity index (χ1v) is 8.16. The summed E-state index contributed by atoms with van der Waals surface area (Å²) in [6.07, 6.45) is 1.51. The number of nitrogen functional groups attached to an aromatic ring is 1. The molecule has 0 radical (unpaired) electrons. The predicted molar refractivity (Wildman–Crippen MR) is 74.0 cm³/mol. The van der Waals surface area contributed by atoms with Gasteiger partial charge in [-0.05, 0) is 37.0 Å². The van der Waals surface area contributed by atoms with Gasteiger partial charge in [0.2, 0.25) is 9.84 Å². The van der Waals surface area contributed by atoms with Crippen LogP contribution in [0.3, 0.4) is 0 Å². The van der Waals surface area contributed by atoms with Crippen molar-refractivity contribution in [2.45, 2.75) is 18.1 Å². The highest BCUT2D eigenvalue weighted by atomic mass is 32.2. The van der Waals surface area contributed by atoms with Gasteiger partial charge < -0.3 is 14.9 Å². The third-order valence-corrected chi connectivity index (χ3v) is 5.07. The largest absolute Gasteiger partial charge is 0.428 e. The molecule has 2 N–H and O–H groups in total. The molecule has 0 atom stereocenters. The molecular weight excluding hydrogens is 280 g/mol. The maximum absolute atomic E-state index is 12.3. The number of anilines is 1. The fourth-order valence-electron chi connectivity index (χ4n) is 2.35. The Morgan fingerprint density at radius 1 is 1.30 bits per heavy atom. The molecular formula is C13H16N2O4S. The first kappa shape index (κ1) is 13.4. The summed E-state index contributed by atoms with van der Waals surface area (Å²) in [4.78, 5) is 4.04. The van der Waals surface area contributed by atoms with Crippen molar-refractivity contribution in [1.82, 2.24) is 4.98 Å². The van der Waals surface area contributed by atoms with Gasteiger partial charge in [0.25, 0.3) is 0 Å². The molecule has 1 aromatic heterocycles. The molecule has 108 valence electrons. The van der Waals surface area contributed by atoms with Crippen molar-refractivity contribution in [2.75, 3.05) is 24.7 Å². The summed E-state index contributed by atoms with van der Waals surface area (Å²) < 4.78 is 35.2. The highest BCUT2D eigenvalue weighted by Gasteiger charge is 2.27. The number of rotatable bonds is 3. The summed E-state index contributed by atoms with van der Waals surface area (Å²) in [5.74, 6) is 0.160. The van der Waals surface area contributed by atoms with Gasteiger partial charge in [-0.1, -0.05) is 0 Å². The van der Waals surface area contributed by atoms with Crippen LogP contribution >= 0.6 is 0 Å². The number of fused-ring (bicyclic) bond motifs is 1. The lowest BCUT2D eigenvalue weighted by molar-refractivity contribution is 0.0722. The van der Waals surface area contributed by atoms with Crippen LogP contribution in [0.25, 0.3) is 11.1 Å². The molecule has 1 saturated heterocycles. The molecule has 0 aliphatic carbocycles. The number of ether oxygens (including phenoxy) is 1. The Hall–Kier alpha value is -1.60. The molecule has 0 saturated carbocycles. The molecule has 0 spiro atoms. The molecule has 1 fully saturated rings. The smallest absolute Gasteiger partial charge is 0.316 e. The van der Waals surface area contributed by atoms with E-state index in [0.717, 1.165) is 12.8 Å². The van der Waals surface area contributed by atoms with Gasteiger partial charge in [0, 0.05) is 18.9 Å². The van der Waals surface area contributed by atoms with Crippen molar-refractivity contribution in [1.29, 1.82) is 0 Å². The molecule has 0 amide bonds. The molecule has 0 bridgehead atoms. The number of oxazole rings is 1. The number of benzene rings is 1. The Kier molecular flexibility index (Phi) is 3.39. The lowest BCUT2D eigenvalue weighted by Gasteiger charge is -2.20. The van der Waals surface area contributed by atoms with Crippen LogP contribution in [0.2, 0.25) is 0 Å². The van der Waals surface area contributed by atoms with Crippen molar-refractivity contribution >= 4 is 26.6 Å². The van der Waals surface area contributed by atoms with Gasteiger partial charge in [0.1, 0.15) is 5.52 Å². The lowest BCUT2D eigenvalue weighted by atomic mass is 10.0. The van der Waals surface area contributed by atoms with Crippen molar-refractivity contribution in [3.63, 3.8) is 0 Å². The highest BCUT2D eigenvalue weighted by Crippen LogP contribution is 2.25. The second-order valence-corrected chi connectivity index (χ2v) is 6.96. The second kappa shape index (κ2) is 5.06. The monoisotopic (exact) mass is 296 g/mol. The number of nitrogens with two attached hydrogens (primary N) is 1. The molecule has 3 rings (SSSR count). The molecule has 6 nitrogen and oxygen atoms in total. The Morgan fingerprint density at radius 2 is 2.05 bits per heavy atom. The van der Waals surface area contributed by atoms with E-state index >= 15 is 0 Å². The van der Waals surface area contributed by atoms with Gasteiger partial charge in [0.15, 0.2) is 5.58 Å². The average molecular weight is 296 g/mol. The molecule has 20 heavy (non-hydrogen) atoms. The summed E-state index contributed by atoms with van der Waals surface area (Å²) in [6.45, 7) is 1.23. The van der Waals surface area contributed by atoms with E-state index in [0.29, 0.717) is 30.0 Å². The number of hydrogen-bond donors (Lipinski definition) is 1. The Labute approximate surface area is 116 Å². The average Bonchev–Trinajstić information content (AvgIpc) is 2.83. The molecule has 1 aliphatic heterocycles. The molecule has 0 unspecified atom stereocenters. The molecule has 7 heteroatoms.